The molecule has 1 N–H and O–H groups in total. The van der Waals surface area contributed by atoms with E-state index in [1.807, 2.05) is 67.6 Å². The summed E-state index contributed by atoms with van der Waals surface area (Å²) in [6.07, 6.45) is -0.612. The van der Waals surface area contributed by atoms with Crippen LogP contribution < -0.4 is 5.32 Å². The summed E-state index contributed by atoms with van der Waals surface area (Å²) >= 11 is 0. The van der Waals surface area contributed by atoms with Crippen LogP contribution in [0, 0.1) is 6.92 Å². The summed E-state index contributed by atoms with van der Waals surface area (Å²) in [5, 5.41) is 7.69. The minimum atomic E-state index is -0.612. The van der Waals surface area contributed by atoms with E-state index >= 15 is 0 Å². The van der Waals surface area contributed by atoms with Gasteiger partial charge >= 0.3 is 0 Å². The van der Waals surface area contributed by atoms with Gasteiger partial charge in [0.15, 0.2) is 6.10 Å². The molecule has 0 saturated carbocycles. The zero-order valence-corrected chi connectivity index (χ0v) is 15.1. The van der Waals surface area contributed by atoms with Gasteiger partial charge in [0.2, 0.25) is 0 Å². The molecule has 0 spiro atoms. The topological polar surface area (TPSA) is 65.4 Å². The second-order valence-electron chi connectivity index (χ2n) is 6.40. The molecular formula is C21H21N3O3. The van der Waals surface area contributed by atoms with Crippen LogP contribution in [0.2, 0.25) is 0 Å². The van der Waals surface area contributed by atoms with Crippen LogP contribution in [-0.2, 0) is 14.3 Å². The Kier molecular flexibility index (Phi) is 5.00. The van der Waals surface area contributed by atoms with Crippen LogP contribution in [0.5, 0.6) is 0 Å². The third-order valence-corrected chi connectivity index (χ3v) is 4.48. The molecule has 0 radical (unpaired) electrons. The Labute approximate surface area is 157 Å². The lowest BCUT2D eigenvalue weighted by atomic mass is 10.1. The quantitative estimate of drug-likeness (QED) is 0.773. The van der Waals surface area contributed by atoms with E-state index in [0.29, 0.717) is 19.0 Å². The Morgan fingerprint density at radius 1 is 1.11 bits per heavy atom. The van der Waals surface area contributed by atoms with Crippen molar-refractivity contribution in [3.8, 4) is 16.9 Å². The van der Waals surface area contributed by atoms with Gasteiger partial charge in [-0.1, -0.05) is 48.5 Å². The Morgan fingerprint density at radius 2 is 1.89 bits per heavy atom. The number of anilines is 1. The second kappa shape index (κ2) is 7.73. The number of amides is 1. The van der Waals surface area contributed by atoms with Crippen LogP contribution >= 0.6 is 0 Å². The lowest BCUT2D eigenvalue weighted by Crippen LogP contribution is -2.39. The average Bonchev–Trinajstić information content (AvgIpc) is 3.13. The molecule has 1 aliphatic rings. The highest BCUT2D eigenvalue weighted by atomic mass is 16.6. The van der Waals surface area contributed by atoms with Gasteiger partial charge in [0.25, 0.3) is 5.91 Å². The van der Waals surface area contributed by atoms with Crippen molar-refractivity contribution >= 4 is 11.7 Å². The number of hydrogen-bond acceptors (Lipinski definition) is 4. The Bertz CT molecular complexity index is 931. The molecule has 0 unspecified atom stereocenters. The molecule has 0 bridgehead atoms. The molecule has 2 heterocycles. The minimum Gasteiger partial charge on any atom is -0.376 e. The van der Waals surface area contributed by atoms with E-state index in [-0.39, 0.29) is 12.5 Å². The summed E-state index contributed by atoms with van der Waals surface area (Å²) in [7, 11) is 0. The smallest absolute Gasteiger partial charge is 0.257 e. The first kappa shape index (κ1) is 17.5. The molecule has 1 atom stereocenters. The first-order valence-corrected chi connectivity index (χ1v) is 8.94. The third kappa shape index (κ3) is 3.77. The predicted molar refractivity (Wildman–Crippen MR) is 103 cm³/mol. The van der Waals surface area contributed by atoms with Crippen LogP contribution in [0.3, 0.4) is 0 Å². The number of para-hydroxylation sites is 1. The molecule has 1 aromatic heterocycles. The number of nitrogens with one attached hydrogen (secondary N) is 1. The van der Waals surface area contributed by atoms with Gasteiger partial charge in [-0.2, -0.15) is 5.10 Å². The van der Waals surface area contributed by atoms with Crippen LogP contribution in [-0.4, -0.2) is 41.6 Å². The predicted octanol–water partition coefficient (Wildman–Crippen LogP) is 3.20. The molecule has 6 heteroatoms. The molecule has 1 fully saturated rings. The number of aryl methyl sites for hydroxylation is 1. The number of aromatic nitrogens is 2. The molecule has 6 nitrogen and oxygen atoms in total. The fraction of sp³-hybridized carbons (Fsp3) is 0.238. The lowest BCUT2D eigenvalue weighted by molar-refractivity contribution is -0.142. The Balaban J connectivity index is 1.71. The number of rotatable bonds is 4. The summed E-state index contributed by atoms with van der Waals surface area (Å²) < 4.78 is 12.6. The van der Waals surface area contributed by atoms with Crippen LogP contribution in [0.4, 0.5) is 5.82 Å². The van der Waals surface area contributed by atoms with Gasteiger partial charge in [0.05, 0.1) is 31.2 Å². The summed E-state index contributed by atoms with van der Waals surface area (Å²) in [6, 6.07) is 19.7. The van der Waals surface area contributed by atoms with E-state index in [4.69, 9.17) is 14.6 Å². The molecule has 2 aromatic carbocycles. The highest BCUT2D eigenvalue weighted by Crippen LogP contribution is 2.26. The zero-order chi connectivity index (χ0) is 18.6. The maximum absolute atomic E-state index is 12.6. The molecule has 138 valence electrons. The van der Waals surface area contributed by atoms with Crippen molar-refractivity contribution < 1.29 is 14.3 Å². The van der Waals surface area contributed by atoms with Crippen molar-refractivity contribution in [1.29, 1.82) is 0 Å². The number of carbonyl (C=O) groups excluding carboxylic acids is 1. The van der Waals surface area contributed by atoms with Crippen molar-refractivity contribution in [3.05, 3.63) is 66.2 Å². The third-order valence-electron chi connectivity index (χ3n) is 4.48. The maximum atomic E-state index is 12.6. The zero-order valence-electron chi connectivity index (χ0n) is 15.1. The lowest BCUT2D eigenvalue weighted by Gasteiger charge is -2.22. The van der Waals surface area contributed by atoms with Crippen molar-refractivity contribution in [3.63, 3.8) is 0 Å². The van der Waals surface area contributed by atoms with Crippen molar-refractivity contribution in [2.24, 2.45) is 0 Å². The van der Waals surface area contributed by atoms with Gasteiger partial charge in [-0.15, -0.1) is 0 Å². The second-order valence-corrected chi connectivity index (χ2v) is 6.40. The van der Waals surface area contributed by atoms with E-state index in [0.717, 1.165) is 22.5 Å². The van der Waals surface area contributed by atoms with E-state index in [1.165, 1.54) is 0 Å². The molecule has 4 rings (SSSR count). The van der Waals surface area contributed by atoms with Crippen molar-refractivity contribution in [2.75, 3.05) is 25.1 Å². The number of carbonyl (C=O) groups is 1. The average molecular weight is 363 g/mol. The largest absolute Gasteiger partial charge is 0.376 e. The van der Waals surface area contributed by atoms with E-state index in [9.17, 15) is 4.79 Å². The molecule has 3 aromatic rings. The van der Waals surface area contributed by atoms with E-state index in [1.54, 1.807) is 4.68 Å². The highest BCUT2D eigenvalue weighted by molar-refractivity contribution is 5.94. The first-order valence-electron chi connectivity index (χ1n) is 8.94. The standard InChI is InChI=1S/C21H21N3O3/c1-15-7-5-6-10-18(15)24-20(22-21(25)19-14-26-11-12-27-19)13-17(23-24)16-8-3-2-4-9-16/h2-10,13,19H,11-12,14H2,1H3,(H,22,25)/t19-/m1/s1. The van der Waals surface area contributed by atoms with Gasteiger partial charge in [0, 0.05) is 11.6 Å². The number of ether oxygens (including phenoxy) is 2. The molecule has 1 aliphatic heterocycles. The number of hydrogen-bond donors (Lipinski definition) is 1. The summed E-state index contributed by atoms with van der Waals surface area (Å²) in [5.74, 6) is 0.367. The number of nitrogens with zero attached hydrogens (tertiary/aromatic N) is 2. The fourth-order valence-corrected chi connectivity index (χ4v) is 3.05. The molecule has 1 saturated heterocycles. The van der Waals surface area contributed by atoms with Crippen molar-refractivity contribution in [1.82, 2.24) is 9.78 Å². The first-order chi connectivity index (χ1) is 13.2. The number of benzene rings is 2. The van der Waals surface area contributed by atoms with Gasteiger partial charge in [-0.05, 0) is 18.6 Å². The molecule has 0 aliphatic carbocycles. The summed E-state index contributed by atoms with van der Waals surface area (Å²) in [5.41, 5.74) is 3.75. The molecular weight excluding hydrogens is 342 g/mol. The summed E-state index contributed by atoms with van der Waals surface area (Å²) in [4.78, 5) is 12.6. The monoisotopic (exact) mass is 363 g/mol. The maximum Gasteiger partial charge on any atom is 0.257 e. The Morgan fingerprint density at radius 3 is 2.63 bits per heavy atom. The molecule has 1 amide bonds. The van der Waals surface area contributed by atoms with Gasteiger partial charge in [0.1, 0.15) is 5.82 Å². The molecule has 27 heavy (non-hydrogen) atoms. The van der Waals surface area contributed by atoms with Gasteiger partial charge < -0.3 is 14.8 Å². The SMILES string of the molecule is Cc1ccccc1-n1nc(-c2ccccc2)cc1NC(=O)[C@H]1COCCO1. The summed E-state index contributed by atoms with van der Waals surface area (Å²) in [6.45, 7) is 3.21. The van der Waals surface area contributed by atoms with Gasteiger partial charge in [-0.3, -0.25) is 4.79 Å². The normalized spacial score (nSPS) is 16.9. The highest BCUT2D eigenvalue weighted by Gasteiger charge is 2.24. The van der Waals surface area contributed by atoms with Crippen LogP contribution in [0.1, 0.15) is 5.56 Å². The minimum absolute atomic E-state index is 0.232. The van der Waals surface area contributed by atoms with Crippen LogP contribution in [0.25, 0.3) is 16.9 Å². The van der Waals surface area contributed by atoms with E-state index < -0.39 is 6.10 Å². The fourth-order valence-electron chi connectivity index (χ4n) is 3.05. The Hall–Kier alpha value is -2.96. The van der Waals surface area contributed by atoms with Crippen molar-refractivity contribution in [2.45, 2.75) is 13.0 Å². The van der Waals surface area contributed by atoms with Gasteiger partial charge in [-0.25, -0.2) is 4.68 Å². The van der Waals surface area contributed by atoms with E-state index in [2.05, 4.69) is 5.32 Å². The van der Waals surface area contributed by atoms with Crippen LogP contribution in [0.15, 0.2) is 60.7 Å².